The standard InChI is InChI=1S/C13H15N3O3/c1-9(12-7-11(8-18-12)15-16-14)19-13(17)10-5-3-2-4-6-10/h2-6,9,11-12H,7-8H2,1H3/t9?,11-,12+/m1/s1. The summed E-state index contributed by atoms with van der Waals surface area (Å²) < 4.78 is 10.8. The fourth-order valence-corrected chi connectivity index (χ4v) is 2.01. The predicted molar refractivity (Wildman–Crippen MR) is 68.6 cm³/mol. The predicted octanol–water partition coefficient (Wildman–Crippen LogP) is 2.70. The van der Waals surface area contributed by atoms with Crippen molar-refractivity contribution < 1.29 is 14.3 Å². The molecule has 0 aromatic heterocycles. The highest BCUT2D eigenvalue weighted by molar-refractivity contribution is 5.89. The quantitative estimate of drug-likeness (QED) is 0.361. The summed E-state index contributed by atoms with van der Waals surface area (Å²) in [7, 11) is 0. The molecule has 1 fully saturated rings. The van der Waals surface area contributed by atoms with Gasteiger partial charge in [-0.05, 0) is 31.0 Å². The van der Waals surface area contributed by atoms with E-state index in [-0.39, 0.29) is 24.2 Å². The highest BCUT2D eigenvalue weighted by atomic mass is 16.6. The second-order valence-electron chi connectivity index (χ2n) is 4.44. The molecule has 0 amide bonds. The van der Waals surface area contributed by atoms with Crippen LogP contribution in [0.3, 0.4) is 0 Å². The Kier molecular flexibility index (Phi) is 4.39. The fraction of sp³-hybridized carbons (Fsp3) is 0.462. The van der Waals surface area contributed by atoms with Crippen LogP contribution in [0.2, 0.25) is 0 Å². The maximum Gasteiger partial charge on any atom is 0.338 e. The minimum atomic E-state index is -0.371. The molecule has 1 aliphatic heterocycles. The molecular weight excluding hydrogens is 246 g/mol. The minimum absolute atomic E-state index is 0.173. The van der Waals surface area contributed by atoms with Crippen LogP contribution in [0.25, 0.3) is 10.4 Å². The highest BCUT2D eigenvalue weighted by Gasteiger charge is 2.31. The lowest BCUT2D eigenvalue weighted by Crippen LogP contribution is -2.28. The molecule has 0 saturated carbocycles. The van der Waals surface area contributed by atoms with Gasteiger partial charge in [-0.1, -0.05) is 23.3 Å². The first-order valence-electron chi connectivity index (χ1n) is 6.12. The largest absolute Gasteiger partial charge is 0.456 e. The first-order valence-corrected chi connectivity index (χ1v) is 6.12. The first kappa shape index (κ1) is 13.4. The SMILES string of the molecule is CC(OC(=O)c1ccccc1)[C@@H]1C[C@@H](N=[N+]=[N-])CO1. The molecule has 19 heavy (non-hydrogen) atoms. The smallest absolute Gasteiger partial charge is 0.338 e. The number of carbonyl (C=O) groups excluding carboxylic acids is 1. The zero-order chi connectivity index (χ0) is 13.7. The molecule has 0 N–H and O–H groups in total. The number of benzene rings is 1. The van der Waals surface area contributed by atoms with Gasteiger partial charge in [-0.15, -0.1) is 0 Å². The van der Waals surface area contributed by atoms with Gasteiger partial charge in [0.15, 0.2) is 0 Å². The molecule has 3 atom stereocenters. The third-order valence-electron chi connectivity index (χ3n) is 3.05. The van der Waals surface area contributed by atoms with Crippen LogP contribution in [0.5, 0.6) is 0 Å². The number of esters is 1. The molecule has 1 heterocycles. The lowest BCUT2D eigenvalue weighted by molar-refractivity contribution is -0.0212. The minimum Gasteiger partial charge on any atom is -0.456 e. The summed E-state index contributed by atoms with van der Waals surface area (Å²) in [5.41, 5.74) is 8.88. The zero-order valence-corrected chi connectivity index (χ0v) is 10.6. The van der Waals surface area contributed by atoms with Gasteiger partial charge < -0.3 is 9.47 Å². The second kappa shape index (κ2) is 6.22. The molecule has 6 nitrogen and oxygen atoms in total. The van der Waals surface area contributed by atoms with E-state index in [1.54, 1.807) is 31.2 Å². The van der Waals surface area contributed by atoms with Gasteiger partial charge >= 0.3 is 5.97 Å². The number of carbonyl (C=O) groups is 1. The number of rotatable bonds is 4. The van der Waals surface area contributed by atoms with Crippen molar-refractivity contribution in [2.75, 3.05) is 6.61 Å². The van der Waals surface area contributed by atoms with Gasteiger partial charge in [0.05, 0.1) is 24.3 Å². The average molecular weight is 261 g/mol. The lowest BCUT2D eigenvalue weighted by Gasteiger charge is -2.19. The summed E-state index contributed by atoms with van der Waals surface area (Å²) in [5, 5.41) is 3.61. The van der Waals surface area contributed by atoms with Gasteiger partial charge in [0.25, 0.3) is 0 Å². The molecule has 1 unspecified atom stereocenters. The summed E-state index contributed by atoms with van der Waals surface area (Å²) in [6, 6.07) is 8.63. The molecule has 100 valence electrons. The maximum atomic E-state index is 11.9. The Hall–Kier alpha value is -2.04. The number of azide groups is 1. The third kappa shape index (κ3) is 3.47. The van der Waals surface area contributed by atoms with Crippen molar-refractivity contribution in [1.29, 1.82) is 0 Å². The monoisotopic (exact) mass is 261 g/mol. The van der Waals surface area contributed by atoms with E-state index >= 15 is 0 Å². The summed E-state index contributed by atoms with van der Waals surface area (Å²) in [6.45, 7) is 2.16. The Balaban J connectivity index is 1.90. The van der Waals surface area contributed by atoms with E-state index in [1.165, 1.54) is 0 Å². The Morgan fingerprint density at radius 2 is 2.26 bits per heavy atom. The molecule has 0 spiro atoms. The molecule has 1 aliphatic rings. The van der Waals surface area contributed by atoms with Crippen LogP contribution in [0, 0.1) is 0 Å². The van der Waals surface area contributed by atoms with Crippen molar-refractivity contribution in [1.82, 2.24) is 0 Å². The highest BCUT2D eigenvalue weighted by Crippen LogP contribution is 2.21. The van der Waals surface area contributed by atoms with Crippen molar-refractivity contribution in [2.24, 2.45) is 5.11 Å². The molecule has 2 rings (SSSR count). The van der Waals surface area contributed by atoms with Crippen LogP contribution in [-0.4, -0.2) is 30.8 Å². The van der Waals surface area contributed by atoms with Crippen molar-refractivity contribution >= 4 is 5.97 Å². The van der Waals surface area contributed by atoms with Crippen LogP contribution in [-0.2, 0) is 9.47 Å². The van der Waals surface area contributed by atoms with E-state index in [1.807, 2.05) is 6.07 Å². The Labute approximate surface area is 111 Å². The molecule has 0 bridgehead atoms. The maximum absolute atomic E-state index is 11.9. The molecule has 1 saturated heterocycles. The van der Waals surface area contributed by atoms with Gasteiger partial charge in [0.1, 0.15) is 6.10 Å². The van der Waals surface area contributed by atoms with Crippen LogP contribution < -0.4 is 0 Å². The second-order valence-corrected chi connectivity index (χ2v) is 4.44. The third-order valence-corrected chi connectivity index (χ3v) is 3.05. The van der Waals surface area contributed by atoms with Crippen LogP contribution in [0.4, 0.5) is 0 Å². The van der Waals surface area contributed by atoms with Crippen molar-refractivity contribution in [3.63, 3.8) is 0 Å². The van der Waals surface area contributed by atoms with Gasteiger partial charge in [-0.3, -0.25) is 0 Å². The summed E-state index contributed by atoms with van der Waals surface area (Å²) in [4.78, 5) is 14.6. The molecule has 1 aromatic carbocycles. The number of hydrogen-bond acceptors (Lipinski definition) is 4. The van der Waals surface area contributed by atoms with E-state index in [4.69, 9.17) is 15.0 Å². The van der Waals surface area contributed by atoms with Crippen molar-refractivity contribution in [3.05, 3.63) is 46.3 Å². The first-order chi connectivity index (χ1) is 9.20. The summed E-state index contributed by atoms with van der Waals surface area (Å²) in [5.74, 6) is -0.371. The number of nitrogens with zero attached hydrogens (tertiary/aromatic N) is 3. The Morgan fingerprint density at radius 3 is 2.95 bits per heavy atom. The lowest BCUT2D eigenvalue weighted by atomic mass is 10.1. The Bertz CT molecular complexity index is 485. The van der Waals surface area contributed by atoms with Gasteiger partial charge in [0, 0.05) is 4.91 Å². The fourth-order valence-electron chi connectivity index (χ4n) is 2.01. The molecule has 1 aromatic rings. The van der Waals surface area contributed by atoms with Gasteiger partial charge in [-0.25, -0.2) is 4.79 Å². The molecule has 6 heteroatoms. The van der Waals surface area contributed by atoms with E-state index in [0.717, 1.165) is 0 Å². The van der Waals surface area contributed by atoms with E-state index < -0.39 is 0 Å². The van der Waals surface area contributed by atoms with Gasteiger partial charge in [0.2, 0.25) is 0 Å². The Morgan fingerprint density at radius 1 is 1.53 bits per heavy atom. The van der Waals surface area contributed by atoms with Crippen LogP contribution >= 0.6 is 0 Å². The number of hydrogen-bond donors (Lipinski definition) is 0. The molecule has 0 radical (unpaired) electrons. The summed E-state index contributed by atoms with van der Waals surface area (Å²) in [6.07, 6.45) is -0.0115. The molecular formula is C13H15N3O3. The van der Waals surface area contributed by atoms with E-state index in [2.05, 4.69) is 10.0 Å². The topological polar surface area (TPSA) is 84.3 Å². The average Bonchev–Trinajstić information content (AvgIpc) is 2.89. The van der Waals surface area contributed by atoms with E-state index in [9.17, 15) is 4.79 Å². The van der Waals surface area contributed by atoms with Crippen molar-refractivity contribution in [3.8, 4) is 0 Å². The molecule has 0 aliphatic carbocycles. The van der Waals surface area contributed by atoms with E-state index in [0.29, 0.717) is 18.6 Å². The van der Waals surface area contributed by atoms with Crippen LogP contribution in [0.1, 0.15) is 23.7 Å². The van der Waals surface area contributed by atoms with Crippen LogP contribution in [0.15, 0.2) is 35.4 Å². The van der Waals surface area contributed by atoms with Gasteiger partial charge in [-0.2, -0.15) is 0 Å². The summed E-state index contributed by atoms with van der Waals surface area (Å²) >= 11 is 0. The zero-order valence-electron chi connectivity index (χ0n) is 10.6. The van der Waals surface area contributed by atoms with Crippen molar-refractivity contribution in [2.45, 2.75) is 31.6 Å². The normalized spacial score (nSPS) is 23.4. The number of ether oxygens (including phenoxy) is 2.